The molecule has 1 aromatic carbocycles. The maximum Gasteiger partial charge on any atom is 0.294 e. The SMILES string of the molecule is NN/C=C\N=C(N=CCF)C1=NC=C(C(=O)C(=O)N2CCN(C(=O)c3ccccc3)CC2)C1. The summed E-state index contributed by atoms with van der Waals surface area (Å²) in [6, 6.07) is 8.90. The largest absolute Gasteiger partial charge is 0.335 e. The van der Waals surface area contributed by atoms with Crippen LogP contribution in [-0.2, 0) is 9.59 Å². The Morgan fingerprint density at radius 3 is 2.48 bits per heavy atom. The second-order valence-electron chi connectivity index (χ2n) is 7.09. The lowest BCUT2D eigenvalue weighted by Gasteiger charge is -2.34. The van der Waals surface area contributed by atoms with Crippen LogP contribution in [0.2, 0.25) is 0 Å². The molecule has 2 aliphatic rings. The van der Waals surface area contributed by atoms with E-state index in [9.17, 15) is 18.8 Å². The van der Waals surface area contributed by atoms with Crippen LogP contribution in [0.4, 0.5) is 4.39 Å². The minimum absolute atomic E-state index is 0.0450. The van der Waals surface area contributed by atoms with Crippen LogP contribution in [0.15, 0.2) is 69.5 Å². The fourth-order valence-corrected chi connectivity index (χ4v) is 3.31. The van der Waals surface area contributed by atoms with Crippen LogP contribution in [0.3, 0.4) is 0 Å². The summed E-state index contributed by atoms with van der Waals surface area (Å²) < 4.78 is 12.5. The van der Waals surface area contributed by atoms with Crippen molar-refractivity contribution in [3.05, 3.63) is 60.1 Å². The number of ketones is 1. The van der Waals surface area contributed by atoms with E-state index in [2.05, 4.69) is 20.4 Å². The van der Waals surface area contributed by atoms with Crippen molar-refractivity contribution >= 4 is 35.4 Å². The molecule has 10 nitrogen and oxygen atoms in total. The number of nitrogens with zero attached hydrogens (tertiary/aromatic N) is 5. The average Bonchev–Trinajstić information content (AvgIpc) is 3.35. The highest BCUT2D eigenvalue weighted by atomic mass is 19.1. The van der Waals surface area contributed by atoms with Crippen LogP contribution < -0.4 is 11.3 Å². The Bertz CT molecular complexity index is 1040. The lowest BCUT2D eigenvalue weighted by atomic mass is 10.1. The summed E-state index contributed by atoms with van der Waals surface area (Å²) in [5.41, 5.74) is 3.38. The van der Waals surface area contributed by atoms with E-state index in [0.717, 1.165) is 6.21 Å². The molecule has 11 heteroatoms. The second kappa shape index (κ2) is 11.6. The van der Waals surface area contributed by atoms with Gasteiger partial charge in [-0.3, -0.25) is 25.2 Å². The van der Waals surface area contributed by atoms with Gasteiger partial charge in [0, 0.05) is 68.6 Å². The van der Waals surface area contributed by atoms with Gasteiger partial charge in [-0.15, -0.1) is 0 Å². The number of halogens is 1. The van der Waals surface area contributed by atoms with E-state index in [1.54, 1.807) is 29.2 Å². The molecule has 3 N–H and O–H groups in total. The van der Waals surface area contributed by atoms with Crippen LogP contribution in [-0.4, -0.2) is 78.0 Å². The zero-order valence-electron chi connectivity index (χ0n) is 17.9. The maximum atomic E-state index is 12.7. The molecule has 3 rings (SSSR count). The Labute approximate surface area is 190 Å². The summed E-state index contributed by atoms with van der Waals surface area (Å²) in [5.74, 6) is 3.81. The fraction of sp³-hybridized carbons (Fsp3) is 0.273. The standard InChI is InChI=1S/C22H24FN7O3/c23-6-7-25-20(26-8-9-28-24)18-14-17(15-27-18)19(31)22(33)30-12-10-29(11-13-30)21(32)16-4-2-1-3-5-16/h1-5,7-9,15,28H,6,10-14,24H2/b9-8-,25-7?,26-20?. The van der Waals surface area contributed by atoms with Gasteiger partial charge in [0.05, 0.1) is 5.71 Å². The smallest absolute Gasteiger partial charge is 0.294 e. The molecule has 33 heavy (non-hydrogen) atoms. The first-order valence-corrected chi connectivity index (χ1v) is 10.3. The molecule has 1 fully saturated rings. The average molecular weight is 453 g/mol. The van der Waals surface area contributed by atoms with Crippen molar-refractivity contribution in [2.75, 3.05) is 32.9 Å². The fourth-order valence-electron chi connectivity index (χ4n) is 3.31. The van der Waals surface area contributed by atoms with Gasteiger partial charge in [-0.05, 0) is 12.1 Å². The van der Waals surface area contributed by atoms with E-state index in [1.807, 2.05) is 6.07 Å². The molecule has 0 bridgehead atoms. The number of piperazine rings is 1. The van der Waals surface area contributed by atoms with Gasteiger partial charge in [0.15, 0.2) is 5.84 Å². The number of nitrogens with two attached hydrogens (primary N) is 1. The number of aliphatic imine (C=N–C) groups is 3. The Hall–Kier alpha value is -3.99. The predicted molar refractivity (Wildman–Crippen MR) is 122 cm³/mol. The number of nitrogens with one attached hydrogen (secondary N) is 1. The number of amides is 2. The lowest BCUT2D eigenvalue weighted by molar-refractivity contribution is -0.143. The Morgan fingerprint density at radius 1 is 1.12 bits per heavy atom. The molecule has 0 aromatic heterocycles. The molecule has 0 radical (unpaired) electrons. The van der Waals surface area contributed by atoms with Crippen LogP contribution >= 0.6 is 0 Å². The molecule has 0 aliphatic carbocycles. The second-order valence-corrected chi connectivity index (χ2v) is 7.09. The van der Waals surface area contributed by atoms with Crippen molar-refractivity contribution in [2.45, 2.75) is 6.42 Å². The number of rotatable bonds is 7. The third kappa shape index (κ3) is 6.04. The van der Waals surface area contributed by atoms with Crippen molar-refractivity contribution < 1.29 is 18.8 Å². The minimum Gasteiger partial charge on any atom is -0.335 e. The van der Waals surface area contributed by atoms with E-state index < -0.39 is 18.4 Å². The van der Waals surface area contributed by atoms with Crippen LogP contribution in [0.25, 0.3) is 0 Å². The molecule has 0 saturated carbocycles. The molecular weight excluding hydrogens is 429 g/mol. The molecule has 2 amide bonds. The van der Waals surface area contributed by atoms with Crippen LogP contribution in [0.5, 0.6) is 0 Å². The van der Waals surface area contributed by atoms with Gasteiger partial charge in [0.2, 0.25) is 5.78 Å². The number of hydrazine groups is 1. The summed E-state index contributed by atoms with van der Waals surface area (Å²) in [5, 5.41) is 0. The molecule has 1 saturated heterocycles. The van der Waals surface area contributed by atoms with Gasteiger partial charge in [-0.25, -0.2) is 14.4 Å². The quantitative estimate of drug-likeness (QED) is 0.206. The summed E-state index contributed by atoms with van der Waals surface area (Å²) in [6.07, 6.45) is 5.02. The number of hydrogen-bond donors (Lipinski definition) is 2. The highest BCUT2D eigenvalue weighted by Crippen LogP contribution is 2.17. The van der Waals surface area contributed by atoms with Gasteiger partial charge in [-0.2, -0.15) is 0 Å². The molecule has 1 aromatic rings. The Kier molecular flexibility index (Phi) is 8.30. The van der Waals surface area contributed by atoms with Gasteiger partial charge in [0.1, 0.15) is 6.67 Å². The third-order valence-corrected chi connectivity index (χ3v) is 5.00. The number of hydrogen-bond acceptors (Lipinski definition) is 7. The van der Waals surface area contributed by atoms with Crippen molar-refractivity contribution in [3.8, 4) is 0 Å². The number of carbonyl (C=O) groups is 3. The summed E-state index contributed by atoms with van der Waals surface area (Å²) in [4.78, 5) is 53.2. The van der Waals surface area contributed by atoms with E-state index >= 15 is 0 Å². The van der Waals surface area contributed by atoms with Crippen molar-refractivity contribution in [1.29, 1.82) is 0 Å². The van der Waals surface area contributed by atoms with E-state index in [-0.39, 0.29) is 36.8 Å². The van der Waals surface area contributed by atoms with Gasteiger partial charge >= 0.3 is 0 Å². The number of Topliss-reactive ketones (excluding diaryl/α,β-unsaturated/α-hetero) is 1. The summed E-state index contributed by atoms with van der Waals surface area (Å²) in [6.45, 7) is 0.401. The number of benzene rings is 1. The van der Waals surface area contributed by atoms with E-state index in [1.165, 1.54) is 23.5 Å². The molecular formula is C22H24FN7O3. The number of amidine groups is 1. The van der Waals surface area contributed by atoms with Crippen molar-refractivity contribution in [3.63, 3.8) is 0 Å². The first-order chi connectivity index (χ1) is 16.0. The monoisotopic (exact) mass is 453 g/mol. The first kappa shape index (κ1) is 23.7. The zero-order valence-corrected chi connectivity index (χ0v) is 17.9. The molecule has 0 spiro atoms. The number of alkyl halides is 1. The van der Waals surface area contributed by atoms with Gasteiger partial charge in [-0.1, -0.05) is 18.2 Å². The molecule has 172 valence electrons. The first-order valence-electron chi connectivity index (χ1n) is 10.3. The molecule has 2 aliphatic heterocycles. The number of carbonyl (C=O) groups excluding carboxylic acids is 3. The minimum atomic E-state index is -0.790. The lowest BCUT2D eigenvalue weighted by Crippen LogP contribution is -2.52. The van der Waals surface area contributed by atoms with Crippen LogP contribution in [0.1, 0.15) is 16.8 Å². The van der Waals surface area contributed by atoms with Crippen LogP contribution in [0, 0.1) is 0 Å². The normalized spacial score (nSPS) is 16.8. The zero-order chi connectivity index (χ0) is 23.6. The van der Waals surface area contributed by atoms with E-state index in [4.69, 9.17) is 5.84 Å². The van der Waals surface area contributed by atoms with Gasteiger partial charge in [0.25, 0.3) is 11.8 Å². The Balaban J connectivity index is 1.56. The summed E-state index contributed by atoms with van der Waals surface area (Å²) >= 11 is 0. The van der Waals surface area contributed by atoms with Gasteiger partial charge < -0.3 is 15.2 Å². The van der Waals surface area contributed by atoms with E-state index in [0.29, 0.717) is 24.4 Å². The van der Waals surface area contributed by atoms with Crippen molar-refractivity contribution in [1.82, 2.24) is 15.2 Å². The highest BCUT2D eigenvalue weighted by molar-refractivity contribution is 6.49. The van der Waals surface area contributed by atoms with Crippen molar-refractivity contribution in [2.24, 2.45) is 20.8 Å². The highest BCUT2D eigenvalue weighted by Gasteiger charge is 2.31. The molecule has 0 unspecified atom stereocenters. The molecule has 0 atom stereocenters. The third-order valence-electron chi connectivity index (χ3n) is 5.00. The topological polar surface area (TPSA) is 133 Å². The maximum absolute atomic E-state index is 12.7. The Morgan fingerprint density at radius 2 is 1.82 bits per heavy atom. The predicted octanol–water partition coefficient (Wildman–Crippen LogP) is 0.642. The molecule has 2 heterocycles. The summed E-state index contributed by atoms with van der Waals surface area (Å²) in [7, 11) is 0.